The number of hydrazine groups is 1. The van der Waals surface area contributed by atoms with E-state index in [1.165, 1.54) is 18.2 Å². The molecule has 16 heavy (non-hydrogen) atoms. The number of nitrogens with two attached hydrogens (primary N) is 1. The Morgan fingerprint density at radius 3 is 2.69 bits per heavy atom. The van der Waals surface area contributed by atoms with Crippen molar-refractivity contribution in [2.24, 2.45) is 5.84 Å². The van der Waals surface area contributed by atoms with Gasteiger partial charge in [-0.2, -0.15) is 0 Å². The molecule has 0 unspecified atom stereocenters. The number of carbonyl (C=O) groups is 1. The topological polar surface area (TPSA) is 55.1 Å². The third-order valence-electron chi connectivity index (χ3n) is 3.22. The molecule has 0 bridgehead atoms. The van der Waals surface area contributed by atoms with Crippen LogP contribution in [0.5, 0.6) is 0 Å². The summed E-state index contributed by atoms with van der Waals surface area (Å²) in [5, 5.41) is 0.424. The lowest BCUT2D eigenvalue weighted by Crippen LogP contribution is -2.51. The Labute approximate surface area is 97.7 Å². The summed E-state index contributed by atoms with van der Waals surface area (Å²) in [5.41, 5.74) is 1.62. The number of amides is 1. The Kier molecular flexibility index (Phi) is 2.86. The quantitative estimate of drug-likeness (QED) is 0.473. The molecule has 0 aromatic heterocycles. The van der Waals surface area contributed by atoms with E-state index in [9.17, 15) is 9.18 Å². The van der Waals surface area contributed by atoms with Gasteiger partial charge in [-0.05, 0) is 31.0 Å². The highest BCUT2D eigenvalue weighted by atomic mass is 35.5. The molecule has 1 aromatic carbocycles. The third kappa shape index (κ3) is 1.58. The molecule has 1 saturated carbocycles. The van der Waals surface area contributed by atoms with Gasteiger partial charge in [0.25, 0.3) is 0 Å². The maximum atomic E-state index is 13.7. The van der Waals surface area contributed by atoms with Crippen LogP contribution < -0.4 is 11.3 Å². The molecular formula is C11H12ClFN2O. The van der Waals surface area contributed by atoms with Crippen molar-refractivity contribution in [3.8, 4) is 0 Å². The first-order chi connectivity index (χ1) is 7.60. The van der Waals surface area contributed by atoms with Crippen molar-refractivity contribution in [2.45, 2.75) is 24.7 Å². The highest BCUT2D eigenvalue weighted by Crippen LogP contribution is 2.45. The standard InChI is InChI=1S/C11H12ClFN2O/c12-7-2-3-9(13)8(6-7)11(4-1-5-11)10(16)15-14/h2-3,6H,1,4-5,14H2,(H,15,16). The highest BCUT2D eigenvalue weighted by molar-refractivity contribution is 6.30. The van der Waals surface area contributed by atoms with Crippen molar-refractivity contribution in [2.75, 3.05) is 0 Å². The van der Waals surface area contributed by atoms with Crippen LogP contribution in [0.3, 0.4) is 0 Å². The fourth-order valence-electron chi connectivity index (χ4n) is 2.15. The maximum absolute atomic E-state index is 13.7. The van der Waals surface area contributed by atoms with Crippen molar-refractivity contribution in [1.82, 2.24) is 5.43 Å². The molecule has 3 N–H and O–H groups in total. The van der Waals surface area contributed by atoms with E-state index >= 15 is 0 Å². The van der Waals surface area contributed by atoms with Gasteiger partial charge in [-0.3, -0.25) is 10.2 Å². The summed E-state index contributed by atoms with van der Waals surface area (Å²) in [7, 11) is 0. The Morgan fingerprint density at radius 1 is 1.50 bits per heavy atom. The summed E-state index contributed by atoms with van der Waals surface area (Å²) >= 11 is 5.82. The van der Waals surface area contributed by atoms with Gasteiger partial charge in [-0.1, -0.05) is 18.0 Å². The summed E-state index contributed by atoms with van der Waals surface area (Å²) in [5.74, 6) is 4.38. The predicted octanol–water partition coefficient (Wildman–Crippen LogP) is 1.89. The van der Waals surface area contributed by atoms with Crippen molar-refractivity contribution in [3.63, 3.8) is 0 Å². The number of carbonyl (C=O) groups excluding carboxylic acids is 1. The van der Waals surface area contributed by atoms with Gasteiger partial charge in [0.1, 0.15) is 5.82 Å². The molecule has 0 saturated heterocycles. The van der Waals surface area contributed by atoms with Crippen molar-refractivity contribution >= 4 is 17.5 Å². The van der Waals surface area contributed by atoms with Crippen LogP contribution >= 0.6 is 11.6 Å². The Morgan fingerprint density at radius 2 is 2.19 bits per heavy atom. The van der Waals surface area contributed by atoms with E-state index in [0.717, 1.165) is 6.42 Å². The fourth-order valence-corrected chi connectivity index (χ4v) is 2.32. The predicted molar refractivity (Wildman–Crippen MR) is 59.3 cm³/mol. The van der Waals surface area contributed by atoms with E-state index in [0.29, 0.717) is 23.4 Å². The van der Waals surface area contributed by atoms with E-state index in [1.807, 2.05) is 0 Å². The number of benzene rings is 1. The molecule has 1 aliphatic carbocycles. The molecule has 1 fully saturated rings. The molecule has 0 atom stereocenters. The van der Waals surface area contributed by atoms with E-state index in [2.05, 4.69) is 5.43 Å². The zero-order valence-electron chi connectivity index (χ0n) is 8.59. The molecule has 0 aliphatic heterocycles. The average molecular weight is 243 g/mol. The van der Waals surface area contributed by atoms with Gasteiger partial charge in [0.15, 0.2) is 0 Å². The molecule has 1 aliphatic rings. The molecule has 1 aromatic rings. The molecule has 1 amide bonds. The number of hydrogen-bond acceptors (Lipinski definition) is 2. The van der Waals surface area contributed by atoms with Crippen LogP contribution in [-0.2, 0) is 10.2 Å². The van der Waals surface area contributed by atoms with E-state index in [-0.39, 0.29) is 5.91 Å². The Hall–Kier alpha value is -1.13. The first kappa shape index (κ1) is 11.4. The minimum Gasteiger partial charge on any atom is -0.293 e. The number of nitrogens with one attached hydrogen (secondary N) is 1. The summed E-state index contributed by atoms with van der Waals surface area (Å²) < 4.78 is 13.7. The fraction of sp³-hybridized carbons (Fsp3) is 0.364. The normalized spacial score (nSPS) is 17.7. The Bertz CT molecular complexity index is 432. The second-order valence-corrected chi connectivity index (χ2v) is 4.47. The summed E-state index contributed by atoms with van der Waals surface area (Å²) in [6.45, 7) is 0. The number of rotatable bonds is 2. The lowest BCUT2D eigenvalue weighted by Gasteiger charge is -2.40. The summed E-state index contributed by atoms with van der Waals surface area (Å²) in [6, 6.07) is 4.25. The van der Waals surface area contributed by atoms with E-state index < -0.39 is 11.2 Å². The molecule has 3 nitrogen and oxygen atoms in total. The van der Waals surface area contributed by atoms with Gasteiger partial charge in [0.05, 0.1) is 5.41 Å². The molecule has 0 spiro atoms. The third-order valence-corrected chi connectivity index (χ3v) is 3.45. The van der Waals surface area contributed by atoms with Crippen molar-refractivity contribution in [1.29, 1.82) is 0 Å². The summed E-state index contributed by atoms with van der Waals surface area (Å²) in [6.07, 6.45) is 2.10. The maximum Gasteiger partial charge on any atom is 0.244 e. The van der Waals surface area contributed by atoms with Crippen LogP contribution in [0.4, 0.5) is 4.39 Å². The first-order valence-electron chi connectivity index (χ1n) is 5.07. The van der Waals surface area contributed by atoms with Gasteiger partial charge in [-0.15, -0.1) is 0 Å². The van der Waals surface area contributed by atoms with Crippen LogP contribution in [0.25, 0.3) is 0 Å². The van der Waals surface area contributed by atoms with Gasteiger partial charge >= 0.3 is 0 Å². The molecule has 5 heteroatoms. The van der Waals surface area contributed by atoms with Crippen LogP contribution in [0.1, 0.15) is 24.8 Å². The average Bonchev–Trinajstić information content (AvgIpc) is 2.21. The zero-order valence-corrected chi connectivity index (χ0v) is 9.35. The molecule has 0 radical (unpaired) electrons. The summed E-state index contributed by atoms with van der Waals surface area (Å²) in [4.78, 5) is 11.7. The molecule has 86 valence electrons. The minimum absolute atomic E-state index is 0.342. The molecular weight excluding hydrogens is 231 g/mol. The smallest absolute Gasteiger partial charge is 0.244 e. The van der Waals surface area contributed by atoms with E-state index in [1.54, 1.807) is 0 Å². The van der Waals surface area contributed by atoms with Crippen LogP contribution in [-0.4, -0.2) is 5.91 Å². The number of hydrogen-bond donors (Lipinski definition) is 2. The monoisotopic (exact) mass is 242 g/mol. The largest absolute Gasteiger partial charge is 0.293 e. The van der Waals surface area contributed by atoms with Crippen LogP contribution in [0.2, 0.25) is 5.02 Å². The van der Waals surface area contributed by atoms with Crippen LogP contribution in [0.15, 0.2) is 18.2 Å². The van der Waals surface area contributed by atoms with E-state index in [4.69, 9.17) is 17.4 Å². The first-order valence-corrected chi connectivity index (χ1v) is 5.44. The Balaban J connectivity index is 2.48. The SMILES string of the molecule is NNC(=O)C1(c2cc(Cl)ccc2F)CCC1. The lowest BCUT2D eigenvalue weighted by molar-refractivity contribution is -0.130. The minimum atomic E-state index is -0.830. The van der Waals surface area contributed by atoms with Gasteiger partial charge < -0.3 is 0 Å². The van der Waals surface area contributed by atoms with Gasteiger partial charge in [0.2, 0.25) is 5.91 Å². The highest BCUT2D eigenvalue weighted by Gasteiger charge is 2.47. The second kappa shape index (κ2) is 4.03. The van der Waals surface area contributed by atoms with Gasteiger partial charge in [-0.25, -0.2) is 10.2 Å². The molecule has 2 rings (SSSR count). The number of halogens is 2. The second-order valence-electron chi connectivity index (χ2n) is 4.03. The van der Waals surface area contributed by atoms with Crippen molar-refractivity contribution in [3.05, 3.63) is 34.6 Å². The molecule has 0 heterocycles. The van der Waals surface area contributed by atoms with Crippen LogP contribution in [0, 0.1) is 5.82 Å². The lowest BCUT2D eigenvalue weighted by atomic mass is 9.63. The zero-order chi connectivity index (χ0) is 11.8. The van der Waals surface area contributed by atoms with Crippen molar-refractivity contribution < 1.29 is 9.18 Å². The van der Waals surface area contributed by atoms with Gasteiger partial charge in [0, 0.05) is 10.6 Å².